The number of amides is 1. The third-order valence-electron chi connectivity index (χ3n) is 3.70. The fraction of sp³-hybridized carbons (Fsp3) is 0.105. The van der Waals surface area contributed by atoms with Gasteiger partial charge in [0.2, 0.25) is 0 Å². The molecule has 2 aromatic carbocycles. The fourth-order valence-corrected chi connectivity index (χ4v) is 2.35. The Morgan fingerprint density at radius 3 is 2.62 bits per heavy atom. The third kappa shape index (κ3) is 5.06. The monoisotopic (exact) mass is 399 g/mol. The first-order chi connectivity index (χ1) is 13.9. The number of nitrogens with zero attached hydrogens (tertiary/aromatic N) is 4. The Hall–Kier alpha value is -3.95. The van der Waals surface area contributed by atoms with Crippen LogP contribution < -0.4 is 5.32 Å². The summed E-state index contributed by atoms with van der Waals surface area (Å²) >= 11 is 0. The number of hydrogen-bond acceptors (Lipinski definition) is 6. The van der Waals surface area contributed by atoms with Crippen molar-refractivity contribution < 1.29 is 23.1 Å². The van der Waals surface area contributed by atoms with Crippen LogP contribution in [0.3, 0.4) is 0 Å². The number of esters is 1. The number of carbonyl (C=O) groups is 2. The second kappa shape index (κ2) is 8.83. The van der Waals surface area contributed by atoms with Crippen LogP contribution in [-0.2, 0) is 14.3 Å². The van der Waals surface area contributed by atoms with Crippen LogP contribution in [0.1, 0.15) is 11.4 Å². The highest BCUT2D eigenvalue weighted by molar-refractivity contribution is 6.15. The van der Waals surface area contributed by atoms with Gasteiger partial charge in [-0.1, -0.05) is 30.3 Å². The summed E-state index contributed by atoms with van der Waals surface area (Å²) in [5.74, 6) is -2.93. The molecule has 3 aromatic rings. The van der Waals surface area contributed by atoms with E-state index in [4.69, 9.17) is 4.74 Å². The van der Waals surface area contributed by atoms with Gasteiger partial charge in [0.1, 0.15) is 11.6 Å². The summed E-state index contributed by atoms with van der Waals surface area (Å²) in [5.41, 5.74) is 0.298. The number of anilines is 1. The molecule has 0 saturated carbocycles. The highest BCUT2D eigenvalue weighted by atomic mass is 19.1. The highest BCUT2D eigenvalue weighted by Gasteiger charge is 2.19. The molecule has 0 spiro atoms. The largest absolute Gasteiger partial charge is 0.451 e. The minimum Gasteiger partial charge on any atom is -0.451 e. The molecule has 0 fully saturated rings. The first kappa shape index (κ1) is 19.8. The number of hydrogen-bond donors (Lipinski definition) is 1. The standard InChI is InChI=1S/C19H15F2N5O3/c1-12-23-24-25-26(12)17(9-13-5-3-2-4-6-13)19(28)29-11-18(27)22-16-10-14(20)7-8-15(16)21/h2-10H,11H2,1H3,(H,22,27)/b17-9-. The molecule has 0 aliphatic carbocycles. The number of halogens is 2. The van der Waals surface area contributed by atoms with E-state index in [1.807, 2.05) is 6.07 Å². The molecule has 148 valence electrons. The highest BCUT2D eigenvalue weighted by Crippen LogP contribution is 2.16. The van der Waals surface area contributed by atoms with E-state index in [-0.39, 0.29) is 11.4 Å². The lowest BCUT2D eigenvalue weighted by Gasteiger charge is -2.10. The molecule has 0 aliphatic rings. The molecule has 0 saturated heterocycles. The molecule has 1 N–H and O–H groups in total. The zero-order chi connectivity index (χ0) is 20.8. The number of nitrogens with one attached hydrogen (secondary N) is 1. The SMILES string of the molecule is Cc1nnnn1/C(=C\c1ccccc1)C(=O)OCC(=O)Nc1cc(F)ccc1F. The summed E-state index contributed by atoms with van der Waals surface area (Å²) in [4.78, 5) is 24.5. The molecule has 0 aliphatic heterocycles. The zero-order valence-electron chi connectivity index (χ0n) is 15.2. The smallest absolute Gasteiger partial charge is 0.357 e. The van der Waals surface area contributed by atoms with Crippen LogP contribution in [0.2, 0.25) is 0 Å². The van der Waals surface area contributed by atoms with Gasteiger partial charge in [0.25, 0.3) is 5.91 Å². The molecule has 1 aromatic heterocycles. The quantitative estimate of drug-likeness (QED) is 0.505. The van der Waals surface area contributed by atoms with Crippen LogP contribution in [-0.4, -0.2) is 38.7 Å². The first-order valence-electron chi connectivity index (χ1n) is 8.38. The second-order valence-electron chi connectivity index (χ2n) is 5.83. The Morgan fingerprint density at radius 2 is 1.93 bits per heavy atom. The van der Waals surface area contributed by atoms with E-state index < -0.39 is 30.1 Å². The molecule has 0 unspecified atom stereocenters. The van der Waals surface area contributed by atoms with Crippen molar-refractivity contribution in [3.63, 3.8) is 0 Å². The number of benzene rings is 2. The van der Waals surface area contributed by atoms with Gasteiger partial charge >= 0.3 is 5.97 Å². The van der Waals surface area contributed by atoms with Crippen molar-refractivity contribution in [3.05, 3.63) is 71.6 Å². The summed E-state index contributed by atoms with van der Waals surface area (Å²) in [6.07, 6.45) is 1.50. The Balaban J connectivity index is 1.73. The van der Waals surface area contributed by atoms with Gasteiger partial charge in [-0.25, -0.2) is 13.6 Å². The predicted molar refractivity (Wildman–Crippen MR) is 99.1 cm³/mol. The topological polar surface area (TPSA) is 99.0 Å². The van der Waals surface area contributed by atoms with Crippen molar-refractivity contribution >= 4 is 29.3 Å². The summed E-state index contributed by atoms with van der Waals surface area (Å²) in [6.45, 7) is 0.869. The molecular weight excluding hydrogens is 384 g/mol. The molecule has 10 heteroatoms. The summed E-state index contributed by atoms with van der Waals surface area (Å²) in [6, 6.07) is 11.5. The number of aromatic nitrogens is 4. The van der Waals surface area contributed by atoms with Gasteiger partial charge < -0.3 is 10.1 Å². The fourth-order valence-electron chi connectivity index (χ4n) is 2.35. The van der Waals surface area contributed by atoms with Crippen LogP contribution in [0.4, 0.5) is 14.5 Å². The van der Waals surface area contributed by atoms with Crippen LogP contribution in [0.15, 0.2) is 48.5 Å². The summed E-state index contributed by atoms with van der Waals surface area (Å²) in [5, 5.41) is 13.1. The number of aryl methyl sites for hydroxylation is 1. The number of carbonyl (C=O) groups excluding carboxylic acids is 2. The number of ether oxygens (including phenoxy) is 1. The lowest BCUT2D eigenvalue weighted by atomic mass is 10.2. The van der Waals surface area contributed by atoms with Crippen molar-refractivity contribution in [1.82, 2.24) is 20.2 Å². The van der Waals surface area contributed by atoms with Crippen LogP contribution in [0, 0.1) is 18.6 Å². The average Bonchev–Trinajstić information content (AvgIpc) is 3.13. The van der Waals surface area contributed by atoms with Crippen molar-refractivity contribution in [2.75, 3.05) is 11.9 Å². The normalized spacial score (nSPS) is 11.2. The third-order valence-corrected chi connectivity index (χ3v) is 3.70. The van der Waals surface area contributed by atoms with E-state index in [1.165, 1.54) is 10.8 Å². The molecule has 0 bridgehead atoms. The minimum atomic E-state index is -0.876. The maximum absolute atomic E-state index is 13.6. The zero-order valence-corrected chi connectivity index (χ0v) is 15.2. The van der Waals surface area contributed by atoms with Crippen molar-refractivity contribution in [2.24, 2.45) is 0 Å². The summed E-state index contributed by atoms with van der Waals surface area (Å²) in [7, 11) is 0. The van der Waals surface area contributed by atoms with Crippen LogP contribution in [0.25, 0.3) is 11.8 Å². The molecule has 1 amide bonds. The van der Waals surface area contributed by atoms with Crippen molar-refractivity contribution in [1.29, 1.82) is 0 Å². The van der Waals surface area contributed by atoms with Gasteiger partial charge in [-0.05, 0) is 41.1 Å². The van der Waals surface area contributed by atoms with E-state index in [0.717, 1.165) is 18.2 Å². The molecule has 0 atom stereocenters. The Kier molecular flexibility index (Phi) is 6.03. The number of rotatable bonds is 6. The van der Waals surface area contributed by atoms with Gasteiger partial charge in [0.05, 0.1) is 5.69 Å². The lowest BCUT2D eigenvalue weighted by molar-refractivity contribution is -0.141. The molecule has 8 nitrogen and oxygen atoms in total. The maximum atomic E-state index is 13.6. The molecule has 29 heavy (non-hydrogen) atoms. The van der Waals surface area contributed by atoms with Gasteiger partial charge in [0, 0.05) is 6.07 Å². The average molecular weight is 399 g/mol. The van der Waals surface area contributed by atoms with E-state index in [2.05, 4.69) is 20.8 Å². The van der Waals surface area contributed by atoms with Gasteiger partial charge in [0.15, 0.2) is 18.1 Å². The van der Waals surface area contributed by atoms with E-state index in [9.17, 15) is 18.4 Å². The Labute approximate surface area is 163 Å². The van der Waals surface area contributed by atoms with Gasteiger partial charge in [-0.2, -0.15) is 4.68 Å². The molecule has 1 heterocycles. The van der Waals surface area contributed by atoms with Crippen molar-refractivity contribution in [3.8, 4) is 0 Å². The van der Waals surface area contributed by atoms with Crippen molar-refractivity contribution in [2.45, 2.75) is 6.92 Å². The summed E-state index contributed by atoms with van der Waals surface area (Å²) < 4.78 is 33.0. The maximum Gasteiger partial charge on any atom is 0.357 e. The van der Waals surface area contributed by atoms with Gasteiger partial charge in [-0.3, -0.25) is 4.79 Å². The van der Waals surface area contributed by atoms with E-state index >= 15 is 0 Å². The molecule has 0 radical (unpaired) electrons. The molecule has 3 rings (SSSR count). The minimum absolute atomic E-state index is 0.0246. The lowest BCUT2D eigenvalue weighted by Crippen LogP contribution is -2.23. The van der Waals surface area contributed by atoms with E-state index in [0.29, 0.717) is 11.4 Å². The van der Waals surface area contributed by atoms with Crippen LogP contribution in [0.5, 0.6) is 0 Å². The number of tetrazole rings is 1. The second-order valence-corrected chi connectivity index (χ2v) is 5.83. The van der Waals surface area contributed by atoms with Gasteiger partial charge in [-0.15, -0.1) is 5.10 Å². The predicted octanol–water partition coefficient (Wildman–Crippen LogP) is 2.44. The Bertz CT molecular complexity index is 1070. The van der Waals surface area contributed by atoms with Crippen LogP contribution >= 0.6 is 0 Å². The Morgan fingerprint density at radius 1 is 1.17 bits per heavy atom. The van der Waals surface area contributed by atoms with E-state index in [1.54, 1.807) is 31.2 Å². The molecular formula is C19H15F2N5O3. The first-order valence-corrected chi connectivity index (χ1v) is 8.38.